The third kappa shape index (κ3) is 2.69. The van der Waals surface area contributed by atoms with Crippen LogP contribution < -0.4 is 0 Å². The fourth-order valence-corrected chi connectivity index (χ4v) is 2.50. The minimum atomic E-state index is -0.850. The van der Waals surface area contributed by atoms with Gasteiger partial charge in [-0.15, -0.1) is 0 Å². The van der Waals surface area contributed by atoms with Crippen molar-refractivity contribution in [1.29, 1.82) is 0 Å². The molecule has 3 rings (SSSR count). The van der Waals surface area contributed by atoms with Crippen molar-refractivity contribution in [3.05, 3.63) is 35.7 Å². The van der Waals surface area contributed by atoms with Crippen LogP contribution in [0.15, 0.2) is 28.8 Å². The van der Waals surface area contributed by atoms with Gasteiger partial charge in [0.25, 0.3) is 11.8 Å². The van der Waals surface area contributed by atoms with Gasteiger partial charge in [0.15, 0.2) is 5.82 Å². The summed E-state index contributed by atoms with van der Waals surface area (Å²) in [5.74, 6) is -0.519. The molecule has 114 valence electrons. The Kier molecular flexibility index (Phi) is 3.62. The molecule has 1 aromatic carbocycles. The SMILES string of the molecule is Cc1noc(-c2ccc(C(=O)N3CCC(C(=O)O)C3)cc2)n1. The lowest BCUT2D eigenvalue weighted by Crippen LogP contribution is -2.29. The lowest BCUT2D eigenvalue weighted by atomic mass is 10.1. The molecule has 0 aliphatic carbocycles. The second kappa shape index (κ2) is 5.59. The molecule has 7 nitrogen and oxygen atoms in total. The van der Waals surface area contributed by atoms with Crippen molar-refractivity contribution < 1.29 is 19.2 Å². The molecule has 1 unspecified atom stereocenters. The van der Waals surface area contributed by atoms with Gasteiger partial charge in [0.2, 0.25) is 0 Å². The molecule has 1 aromatic heterocycles. The fourth-order valence-electron chi connectivity index (χ4n) is 2.50. The Morgan fingerprint density at radius 2 is 2.05 bits per heavy atom. The molecule has 0 spiro atoms. The van der Waals surface area contributed by atoms with Gasteiger partial charge in [-0.1, -0.05) is 5.16 Å². The predicted octanol–water partition coefficient (Wildman–Crippen LogP) is 1.59. The number of aryl methyl sites for hydroxylation is 1. The summed E-state index contributed by atoms with van der Waals surface area (Å²) in [6.45, 7) is 2.47. The average molecular weight is 301 g/mol. The quantitative estimate of drug-likeness (QED) is 0.924. The Morgan fingerprint density at radius 3 is 2.59 bits per heavy atom. The van der Waals surface area contributed by atoms with Gasteiger partial charge in [-0.2, -0.15) is 4.98 Å². The zero-order valence-corrected chi connectivity index (χ0v) is 12.0. The van der Waals surface area contributed by atoms with Gasteiger partial charge < -0.3 is 14.5 Å². The molecule has 22 heavy (non-hydrogen) atoms. The standard InChI is InChI=1S/C15H15N3O4/c1-9-16-13(22-17-9)10-2-4-11(5-3-10)14(19)18-7-6-12(8-18)15(20)21/h2-5,12H,6-8H2,1H3,(H,20,21). The normalized spacial score (nSPS) is 17.7. The van der Waals surface area contributed by atoms with Crippen molar-refractivity contribution in [2.75, 3.05) is 13.1 Å². The molecule has 2 heterocycles. The molecule has 0 saturated carbocycles. The summed E-state index contributed by atoms with van der Waals surface area (Å²) in [5.41, 5.74) is 1.26. The number of benzene rings is 1. The van der Waals surface area contributed by atoms with E-state index in [9.17, 15) is 9.59 Å². The van der Waals surface area contributed by atoms with Gasteiger partial charge in [0.05, 0.1) is 5.92 Å². The van der Waals surface area contributed by atoms with Crippen molar-refractivity contribution in [1.82, 2.24) is 15.0 Å². The molecule has 1 atom stereocenters. The number of carbonyl (C=O) groups is 2. The van der Waals surface area contributed by atoms with Gasteiger partial charge in [0, 0.05) is 24.2 Å². The van der Waals surface area contributed by atoms with E-state index < -0.39 is 11.9 Å². The maximum Gasteiger partial charge on any atom is 0.308 e. The molecule has 1 aliphatic heterocycles. The summed E-state index contributed by atoms with van der Waals surface area (Å²) < 4.78 is 5.07. The summed E-state index contributed by atoms with van der Waals surface area (Å²) in [4.78, 5) is 29.0. The van der Waals surface area contributed by atoms with E-state index in [0.717, 1.165) is 5.56 Å². The summed E-state index contributed by atoms with van der Waals surface area (Å²) in [5, 5.41) is 12.7. The Hall–Kier alpha value is -2.70. The number of aliphatic carboxylic acids is 1. The second-order valence-corrected chi connectivity index (χ2v) is 5.30. The summed E-state index contributed by atoms with van der Waals surface area (Å²) >= 11 is 0. The van der Waals surface area contributed by atoms with Crippen molar-refractivity contribution in [3.63, 3.8) is 0 Å². The molecule has 2 aromatic rings. The monoisotopic (exact) mass is 301 g/mol. The molecule has 0 bridgehead atoms. The van der Waals surface area contributed by atoms with E-state index >= 15 is 0 Å². The Labute approximate surface area is 126 Å². The van der Waals surface area contributed by atoms with E-state index in [0.29, 0.717) is 30.2 Å². The fraction of sp³-hybridized carbons (Fsp3) is 0.333. The number of rotatable bonds is 3. The molecule has 7 heteroatoms. The predicted molar refractivity (Wildman–Crippen MR) is 76.1 cm³/mol. The topological polar surface area (TPSA) is 96.5 Å². The molecular weight excluding hydrogens is 286 g/mol. The van der Waals surface area contributed by atoms with E-state index in [-0.39, 0.29) is 12.5 Å². The number of carboxylic acids is 1. The molecule has 0 radical (unpaired) electrons. The number of amides is 1. The van der Waals surface area contributed by atoms with Crippen LogP contribution in [0.25, 0.3) is 11.5 Å². The number of aromatic nitrogens is 2. The number of hydrogen-bond acceptors (Lipinski definition) is 5. The van der Waals surface area contributed by atoms with Crippen LogP contribution in [0.4, 0.5) is 0 Å². The van der Waals surface area contributed by atoms with Crippen molar-refractivity contribution in [2.45, 2.75) is 13.3 Å². The van der Waals surface area contributed by atoms with Crippen LogP contribution in [-0.2, 0) is 4.79 Å². The van der Waals surface area contributed by atoms with E-state index in [2.05, 4.69) is 10.1 Å². The highest BCUT2D eigenvalue weighted by Gasteiger charge is 2.31. The van der Waals surface area contributed by atoms with E-state index in [1.807, 2.05) is 0 Å². The Balaban J connectivity index is 1.73. The highest BCUT2D eigenvalue weighted by atomic mass is 16.5. The van der Waals surface area contributed by atoms with Crippen LogP contribution in [0.2, 0.25) is 0 Å². The number of hydrogen-bond donors (Lipinski definition) is 1. The highest BCUT2D eigenvalue weighted by Crippen LogP contribution is 2.21. The zero-order valence-electron chi connectivity index (χ0n) is 12.0. The summed E-state index contributed by atoms with van der Waals surface area (Å²) in [6, 6.07) is 6.85. The van der Waals surface area contributed by atoms with Crippen molar-refractivity contribution in [2.24, 2.45) is 5.92 Å². The smallest absolute Gasteiger partial charge is 0.308 e. The zero-order chi connectivity index (χ0) is 15.7. The van der Waals surface area contributed by atoms with Crippen molar-refractivity contribution >= 4 is 11.9 Å². The largest absolute Gasteiger partial charge is 0.481 e. The second-order valence-electron chi connectivity index (χ2n) is 5.30. The Bertz CT molecular complexity index is 708. The highest BCUT2D eigenvalue weighted by molar-refractivity contribution is 5.95. The van der Waals surface area contributed by atoms with Gasteiger partial charge in [-0.05, 0) is 37.6 Å². The van der Waals surface area contributed by atoms with Crippen molar-refractivity contribution in [3.8, 4) is 11.5 Å². The average Bonchev–Trinajstić information content (AvgIpc) is 3.16. The maximum absolute atomic E-state index is 12.3. The first-order valence-electron chi connectivity index (χ1n) is 6.97. The summed E-state index contributed by atoms with van der Waals surface area (Å²) in [7, 11) is 0. The van der Waals surface area contributed by atoms with Gasteiger partial charge in [-0.25, -0.2) is 0 Å². The van der Waals surface area contributed by atoms with Crippen LogP contribution >= 0.6 is 0 Å². The number of carboxylic acid groups (broad SMARTS) is 1. The van der Waals surface area contributed by atoms with Crippen LogP contribution in [0, 0.1) is 12.8 Å². The first kappa shape index (κ1) is 14.2. The van der Waals surface area contributed by atoms with Crippen LogP contribution in [-0.4, -0.2) is 45.1 Å². The number of carbonyl (C=O) groups excluding carboxylic acids is 1. The first-order valence-corrected chi connectivity index (χ1v) is 6.97. The lowest BCUT2D eigenvalue weighted by Gasteiger charge is -2.15. The van der Waals surface area contributed by atoms with Crippen LogP contribution in [0.1, 0.15) is 22.6 Å². The van der Waals surface area contributed by atoms with E-state index in [4.69, 9.17) is 9.63 Å². The number of nitrogens with zero attached hydrogens (tertiary/aromatic N) is 3. The molecule has 1 saturated heterocycles. The summed E-state index contributed by atoms with van der Waals surface area (Å²) in [6.07, 6.45) is 0.500. The third-order valence-corrected chi connectivity index (χ3v) is 3.73. The Morgan fingerprint density at radius 1 is 1.32 bits per heavy atom. The van der Waals surface area contributed by atoms with Crippen LogP contribution in [0.5, 0.6) is 0 Å². The molecule has 1 N–H and O–H groups in total. The maximum atomic E-state index is 12.3. The van der Waals surface area contributed by atoms with Gasteiger partial charge in [-0.3, -0.25) is 9.59 Å². The molecular formula is C15H15N3O4. The molecule has 1 aliphatic rings. The third-order valence-electron chi connectivity index (χ3n) is 3.73. The van der Waals surface area contributed by atoms with E-state index in [1.54, 1.807) is 36.1 Å². The minimum Gasteiger partial charge on any atom is -0.481 e. The van der Waals surface area contributed by atoms with Gasteiger partial charge >= 0.3 is 5.97 Å². The molecule has 1 fully saturated rings. The first-order chi connectivity index (χ1) is 10.5. The van der Waals surface area contributed by atoms with Gasteiger partial charge in [0.1, 0.15) is 0 Å². The molecule has 1 amide bonds. The van der Waals surface area contributed by atoms with E-state index in [1.165, 1.54) is 0 Å². The lowest BCUT2D eigenvalue weighted by molar-refractivity contribution is -0.141. The van der Waals surface area contributed by atoms with Crippen LogP contribution in [0.3, 0.4) is 0 Å². The number of likely N-dealkylation sites (tertiary alicyclic amines) is 1. The minimum absolute atomic E-state index is 0.156.